The van der Waals surface area contributed by atoms with Crippen LogP contribution in [0.2, 0.25) is 0 Å². The van der Waals surface area contributed by atoms with E-state index in [4.69, 9.17) is 5.73 Å². The summed E-state index contributed by atoms with van der Waals surface area (Å²) in [6, 6.07) is 0. The minimum Gasteiger partial charge on any atom is -0.378 e. The van der Waals surface area contributed by atoms with Crippen LogP contribution in [0.1, 0.15) is 6.92 Å². The van der Waals surface area contributed by atoms with E-state index in [1.165, 1.54) is 4.68 Å². The number of nitrogen functional groups attached to an aromatic ring is 1. The molecule has 2 N–H and O–H groups in total. The van der Waals surface area contributed by atoms with Crippen molar-refractivity contribution < 1.29 is 4.92 Å². The Morgan fingerprint density at radius 1 is 1.85 bits per heavy atom. The second kappa shape index (κ2) is 3.58. The van der Waals surface area contributed by atoms with E-state index in [9.17, 15) is 10.1 Å². The fraction of sp³-hybridized carbons (Fsp3) is 0.286. The molecule has 6 heteroatoms. The van der Waals surface area contributed by atoms with Crippen LogP contribution in [-0.2, 0) is 6.54 Å². The molecule has 0 aliphatic carbocycles. The molecule has 0 aromatic carbocycles. The van der Waals surface area contributed by atoms with E-state index in [2.05, 4.69) is 16.9 Å². The molecule has 0 atom stereocenters. The summed E-state index contributed by atoms with van der Waals surface area (Å²) in [6.45, 7) is 1.95. The Bertz CT molecular complexity index is 385. The molecule has 0 unspecified atom stereocenters. The highest BCUT2D eigenvalue weighted by molar-refractivity contribution is 5.51. The molecule has 0 aliphatic rings. The largest absolute Gasteiger partial charge is 0.378 e. The molecule has 1 heterocycles. The first-order chi connectivity index (χ1) is 6.16. The van der Waals surface area contributed by atoms with Gasteiger partial charge in [-0.25, -0.2) is 4.68 Å². The number of hydrogen-bond donors (Lipinski definition) is 1. The van der Waals surface area contributed by atoms with Crippen molar-refractivity contribution in [3.8, 4) is 11.8 Å². The predicted octanol–water partition coefficient (Wildman–Crippen LogP) is 0.397. The van der Waals surface area contributed by atoms with Crippen molar-refractivity contribution in [1.29, 1.82) is 0 Å². The van der Waals surface area contributed by atoms with E-state index in [-0.39, 0.29) is 18.1 Å². The highest BCUT2D eigenvalue weighted by Gasteiger charge is 2.16. The molecular formula is C7H8N4O2. The molecule has 13 heavy (non-hydrogen) atoms. The van der Waals surface area contributed by atoms with E-state index in [1.807, 2.05) is 0 Å². The number of anilines is 1. The van der Waals surface area contributed by atoms with Gasteiger partial charge in [0.05, 0.1) is 4.92 Å². The fourth-order valence-corrected chi connectivity index (χ4v) is 0.806. The molecule has 68 valence electrons. The summed E-state index contributed by atoms with van der Waals surface area (Å²) < 4.78 is 1.29. The number of aromatic nitrogens is 2. The average molecular weight is 180 g/mol. The van der Waals surface area contributed by atoms with Crippen LogP contribution >= 0.6 is 0 Å². The summed E-state index contributed by atoms with van der Waals surface area (Å²) >= 11 is 0. The number of rotatable bonds is 2. The van der Waals surface area contributed by atoms with Gasteiger partial charge in [-0.2, -0.15) is 5.10 Å². The lowest BCUT2D eigenvalue weighted by atomic mass is 10.5. The normalized spacial score (nSPS) is 9.00. The summed E-state index contributed by atoms with van der Waals surface area (Å²) in [5, 5.41) is 14.1. The van der Waals surface area contributed by atoms with Crippen molar-refractivity contribution in [2.24, 2.45) is 0 Å². The maximum absolute atomic E-state index is 10.3. The zero-order chi connectivity index (χ0) is 9.84. The van der Waals surface area contributed by atoms with E-state index in [1.54, 1.807) is 6.92 Å². The highest BCUT2D eigenvalue weighted by atomic mass is 16.6. The third kappa shape index (κ3) is 1.76. The molecule has 0 bridgehead atoms. The quantitative estimate of drug-likeness (QED) is 0.405. The van der Waals surface area contributed by atoms with Gasteiger partial charge < -0.3 is 5.73 Å². The summed E-state index contributed by atoms with van der Waals surface area (Å²) in [5.41, 5.74) is 5.25. The molecule has 1 aromatic heterocycles. The van der Waals surface area contributed by atoms with Crippen molar-refractivity contribution >= 4 is 11.5 Å². The van der Waals surface area contributed by atoms with Gasteiger partial charge in [0.1, 0.15) is 12.7 Å². The Kier molecular flexibility index (Phi) is 2.50. The SMILES string of the molecule is CC#CCn1ncc([N+](=O)[O-])c1N. The minimum atomic E-state index is -0.571. The lowest BCUT2D eigenvalue weighted by molar-refractivity contribution is -0.384. The van der Waals surface area contributed by atoms with Crippen molar-refractivity contribution in [2.75, 3.05) is 5.73 Å². The molecule has 0 saturated carbocycles. The third-order valence-corrected chi connectivity index (χ3v) is 1.46. The van der Waals surface area contributed by atoms with Crippen LogP contribution in [0, 0.1) is 22.0 Å². The van der Waals surface area contributed by atoms with Gasteiger partial charge in [-0.05, 0) is 6.92 Å². The van der Waals surface area contributed by atoms with Gasteiger partial charge in [-0.1, -0.05) is 5.92 Å². The molecule has 1 aromatic rings. The van der Waals surface area contributed by atoms with E-state index in [0.717, 1.165) is 6.20 Å². The average Bonchev–Trinajstić information content (AvgIpc) is 2.43. The number of nitrogens with zero attached hydrogens (tertiary/aromatic N) is 3. The zero-order valence-electron chi connectivity index (χ0n) is 7.02. The van der Waals surface area contributed by atoms with Gasteiger partial charge >= 0.3 is 5.69 Å². The number of hydrogen-bond acceptors (Lipinski definition) is 4. The van der Waals surface area contributed by atoms with Gasteiger partial charge in [0.2, 0.25) is 5.82 Å². The van der Waals surface area contributed by atoms with Crippen LogP contribution in [0.5, 0.6) is 0 Å². The first kappa shape index (κ1) is 9.06. The Morgan fingerprint density at radius 3 is 3.00 bits per heavy atom. The third-order valence-electron chi connectivity index (χ3n) is 1.46. The standard InChI is InChI=1S/C7H8N4O2/c1-2-3-4-10-7(8)6(5-9-10)11(12)13/h5H,4,8H2,1H3. The van der Waals surface area contributed by atoms with Crippen LogP contribution in [0.4, 0.5) is 11.5 Å². The Morgan fingerprint density at radius 2 is 2.54 bits per heavy atom. The zero-order valence-corrected chi connectivity index (χ0v) is 7.02. The summed E-state index contributed by atoms with van der Waals surface area (Å²) in [4.78, 5) is 9.77. The van der Waals surface area contributed by atoms with E-state index >= 15 is 0 Å². The highest BCUT2D eigenvalue weighted by Crippen LogP contribution is 2.18. The Hall–Kier alpha value is -2.03. The van der Waals surface area contributed by atoms with Gasteiger partial charge in [0, 0.05) is 0 Å². The molecule has 0 radical (unpaired) electrons. The molecule has 6 nitrogen and oxygen atoms in total. The molecule has 0 spiro atoms. The van der Waals surface area contributed by atoms with Crippen molar-refractivity contribution in [3.63, 3.8) is 0 Å². The second-order valence-corrected chi connectivity index (χ2v) is 2.26. The van der Waals surface area contributed by atoms with Gasteiger partial charge in [-0.15, -0.1) is 5.92 Å². The molecule has 0 aliphatic heterocycles. The predicted molar refractivity (Wildman–Crippen MR) is 46.7 cm³/mol. The first-order valence-electron chi connectivity index (χ1n) is 3.52. The van der Waals surface area contributed by atoms with Crippen molar-refractivity contribution in [3.05, 3.63) is 16.3 Å². The van der Waals surface area contributed by atoms with Crippen LogP contribution in [0.15, 0.2) is 6.20 Å². The van der Waals surface area contributed by atoms with E-state index in [0.29, 0.717) is 0 Å². The fourth-order valence-electron chi connectivity index (χ4n) is 0.806. The van der Waals surface area contributed by atoms with Crippen molar-refractivity contribution in [1.82, 2.24) is 9.78 Å². The van der Waals surface area contributed by atoms with Crippen LogP contribution in [-0.4, -0.2) is 14.7 Å². The molecule has 0 saturated heterocycles. The van der Waals surface area contributed by atoms with Crippen molar-refractivity contribution in [2.45, 2.75) is 13.5 Å². The summed E-state index contributed by atoms with van der Waals surface area (Å²) in [5.74, 6) is 5.39. The summed E-state index contributed by atoms with van der Waals surface area (Å²) in [7, 11) is 0. The smallest absolute Gasteiger partial charge is 0.330 e. The van der Waals surface area contributed by atoms with Gasteiger partial charge in [0.25, 0.3) is 0 Å². The van der Waals surface area contributed by atoms with E-state index < -0.39 is 4.92 Å². The molecule has 1 rings (SSSR count). The maximum Gasteiger partial charge on any atom is 0.330 e. The topological polar surface area (TPSA) is 87.0 Å². The lowest BCUT2D eigenvalue weighted by Gasteiger charge is -1.95. The molecular weight excluding hydrogens is 172 g/mol. The van der Waals surface area contributed by atoms with Crippen LogP contribution in [0.3, 0.4) is 0 Å². The van der Waals surface area contributed by atoms with Gasteiger partial charge in [0.15, 0.2) is 0 Å². The minimum absolute atomic E-state index is 0.0350. The van der Waals surface area contributed by atoms with Crippen LogP contribution < -0.4 is 5.73 Å². The monoisotopic (exact) mass is 180 g/mol. The number of nitro groups is 1. The van der Waals surface area contributed by atoms with Gasteiger partial charge in [-0.3, -0.25) is 10.1 Å². The Labute approximate surface area is 74.5 Å². The second-order valence-electron chi connectivity index (χ2n) is 2.26. The molecule has 0 fully saturated rings. The Balaban J connectivity index is 2.97. The maximum atomic E-state index is 10.3. The van der Waals surface area contributed by atoms with Crippen LogP contribution in [0.25, 0.3) is 0 Å². The summed E-state index contributed by atoms with van der Waals surface area (Å²) in [6.07, 6.45) is 1.12. The lowest BCUT2D eigenvalue weighted by Crippen LogP contribution is -2.04. The molecule has 0 amide bonds. The number of nitrogens with two attached hydrogens (primary N) is 1. The first-order valence-corrected chi connectivity index (χ1v) is 3.52.